The molecule has 0 bridgehead atoms. The first kappa shape index (κ1) is 15.2. The van der Waals surface area contributed by atoms with E-state index in [0.29, 0.717) is 19.4 Å². The lowest BCUT2D eigenvalue weighted by atomic mass is 9.97. The van der Waals surface area contributed by atoms with E-state index in [1.54, 1.807) is 6.92 Å². The van der Waals surface area contributed by atoms with Crippen molar-refractivity contribution in [1.82, 2.24) is 0 Å². The van der Waals surface area contributed by atoms with Crippen molar-refractivity contribution >= 4 is 11.9 Å². The normalized spacial score (nSPS) is 10.1. The molecule has 0 aliphatic rings. The minimum absolute atomic E-state index is 0.194. The number of esters is 2. The van der Waals surface area contributed by atoms with Crippen LogP contribution in [0.1, 0.15) is 30.0 Å². The SMILES string of the molecule is CCOC(=O)CCc1cccc(CC(=O)OC)c1C. The number of benzene rings is 1. The molecule has 0 aliphatic heterocycles. The third-order valence-electron chi connectivity index (χ3n) is 3.02. The van der Waals surface area contributed by atoms with Gasteiger partial charge in [-0.3, -0.25) is 9.59 Å². The minimum Gasteiger partial charge on any atom is -0.469 e. The molecule has 19 heavy (non-hydrogen) atoms. The molecule has 0 saturated carbocycles. The van der Waals surface area contributed by atoms with Gasteiger partial charge in [0.25, 0.3) is 0 Å². The van der Waals surface area contributed by atoms with Gasteiger partial charge in [0, 0.05) is 6.42 Å². The molecule has 0 spiro atoms. The molecule has 0 N–H and O–H groups in total. The molecule has 0 aliphatic carbocycles. The molecule has 0 amide bonds. The number of ether oxygens (including phenoxy) is 2. The zero-order valence-electron chi connectivity index (χ0n) is 11.7. The second kappa shape index (κ2) is 7.56. The smallest absolute Gasteiger partial charge is 0.309 e. The number of carbonyl (C=O) groups is 2. The van der Waals surface area contributed by atoms with Crippen LogP contribution in [-0.4, -0.2) is 25.7 Å². The van der Waals surface area contributed by atoms with Crippen molar-refractivity contribution in [3.8, 4) is 0 Å². The molecule has 0 heterocycles. The van der Waals surface area contributed by atoms with Crippen molar-refractivity contribution in [2.45, 2.75) is 33.1 Å². The molecule has 0 atom stereocenters. The van der Waals surface area contributed by atoms with Crippen molar-refractivity contribution in [3.63, 3.8) is 0 Å². The van der Waals surface area contributed by atoms with Crippen LogP contribution in [0.3, 0.4) is 0 Å². The van der Waals surface area contributed by atoms with Gasteiger partial charge in [-0.05, 0) is 37.0 Å². The van der Waals surface area contributed by atoms with Gasteiger partial charge in [-0.1, -0.05) is 18.2 Å². The predicted molar refractivity (Wildman–Crippen MR) is 71.9 cm³/mol. The van der Waals surface area contributed by atoms with Crippen molar-refractivity contribution in [2.24, 2.45) is 0 Å². The molecule has 1 rings (SSSR count). The molecule has 0 saturated heterocycles. The summed E-state index contributed by atoms with van der Waals surface area (Å²) in [6.45, 7) is 4.15. The van der Waals surface area contributed by atoms with E-state index in [0.717, 1.165) is 16.7 Å². The standard InChI is InChI=1S/C15H20O4/c1-4-19-14(16)9-8-12-6-5-7-13(11(12)2)10-15(17)18-3/h5-7H,4,8-10H2,1-3H3. The number of aryl methyl sites for hydroxylation is 1. The summed E-state index contributed by atoms with van der Waals surface area (Å²) in [5, 5.41) is 0. The van der Waals surface area contributed by atoms with E-state index in [1.807, 2.05) is 25.1 Å². The second-order valence-electron chi connectivity index (χ2n) is 4.26. The summed E-state index contributed by atoms with van der Waals surface area (Å²) in [5.41, 5.74) is 3.04. The molecular formula is C15H20O4. The maximum absolute atomic E-state index is 11.3. The Kier molecular flexibility index (Phi) is 6.06. The molecule has 0 radical (unpaired) electrons. The molecule has 0 unspecified atom stereocenters. The van der Waals surface area contributed by atoms with Crippen LogP contribution in [0.15, 0.2) is 18.2 Å². The maximum atomic E-state index is 11.3. The molecule has 1 aromatic carbocycles. The zero-order chi connectivity index (χ0) is 14.3. The maximum Gasteiger partial charge on any atom is 0.309 e. The topological polar surface area (TPSA) is 52.6 Å². The van der Waals surface area contributed by atoms with E-state index < -0.39 is 0 Å². The Hall–Kier alpha value is -1.84. The van der Waals surface area contributed by atoms with E-state index in [2.05, 4.69) is 4.74 Å². The number of hydrogen-bond donors (Lipinski definition) is 0. The predicted octanol–water partition coefficient (Wildman–Crippen LogP) is 2.21. The fourth-order valence-corrected chi connectivity index (χ4v) is 1.90. The Morgan fingerprint density at radius 3 is 2.47 bits per heavy atom. The fourth-order valence-electron chi connectivity index (χ4n) is 1.90. The van der Waals surface area contributed by atoms with Crippen LogP contribution in [0.5, 0.6) is 0 Å². The second-order valence-corrected chi connectivity index (χ2v) is 4.26. The summed E-state index contributed by atoms with van der Waals surface area (Å²) in [6, 6.07) is 5.77. The van der Waals surface area contributed by atoms with E-state index in [4.69, 9.17) is 4.74 Å². The van der Waals surface area contributed by atoms with Gasteiger partial charge < -0.3 is 9.47 Å². The zero-order valence-corrected chi connectivity index (χ0v) is 11.7. The summed E-state index contributed by atoms with van der Waals surface area (Å²) in [5.74, 6) is -0.453. The van der Waals surface area contributed by atoms with Gasteiger partial charge in [0.1, 0.15) is 0 Å². The third-order valence-corrected chi connectivity index (χ3v) is 3.02. The van der Waals surface area contributed by atoms with Crippen molar-refractivity contribution in [2.75, 3.05) is 13.7 Å². The summed E-state index contributed by atoms with van der Waals surface area (Å²) < 4.78 is 9.57. The first-order chi connectivity index (χ1) is 9.08. The Bertz CT molecular complexity index is 451. The van der Waals surface area contributed by atoms with Gasteiger partial charge in [-0.25, -0.2) is 0 Å². The lowest BCUT2D eigenvalue weighted by Gasteiger charge is -2.10. The summed E-state index contributed by atoms with van der Waals surface area (Å²) in [4.78, 5) is 22.6. The van der Waals surface area contributed by atoms with E-state index in [1.165, 1.54) is 7.11 Å². The number of hydrogen-bond acceptors (Lipinski definition) is 4. The first-order valence-electron chi connectivity index (χ1n) is 6.38. The van der Waals surface area contributed by atoms with Gasteiger partial charge in [0.05, 0.1) is 20.1 Å². The highest BCUT2D eigenvalue weighted by Crippen LogP contribution is 2.16. The first-order valence-corrected chi connectivity index (χ1v) is 6.38. The van der Waals surface area contributed by atoms with Gasteiger partial charge >= 0.3 is 11.9 Å². The fraction of sp³-hybridized carbons (Fsp3) is 0.467. The van der Waals surface area contributed by atoms with E-state index in [9.17, 15) is 9.59 Å². The highest BCUT2D eigenvalue weighted by Gasteiger charge is 2.10. The molecule has 4 nitrogen and oxygen atoms in total. The Morgan fingerprint density at radius 2 is 1.84 bits per heavy atom. The summed E-state index contributed by atoms with van der Waals surface area (Å²) in [7, 11) is 1.38. The average molecular weight is 264 g/mol. The molecule has 0 fully saturated rings. The van der Waals surface area contributed by atoms with Crippen LogP contribution in [-0.2, 0) is 31.9 Å². The van der Waals surface area contributed by atoms with Gasteiger partial charge in [0.2, 0.25) is 0 Å². The molecule has 4 heteroatoms. The van der Waals surface area contributed by atoms with Crippen LogP contribution in [0.2, 0.25) is 0 Å². The highest BCUT2D eigenvalue weighted by molar-refractivity contribution is 5.73. The number of rotatable bonds is 6. The van der Waals surface area contributed by atoms with Crippen LogP contribution >= 0.6 is 0 Å². The summed E-state index contributed by atoms with van der Waals surface area (Å²) in [6.07, 6.45) is 1.24. The van der Waals surface area contributed by atoms with Gasteiger partial charge in [-0.2, -0.15) is 0 Å². The molecule has 104 valence electrons. The van der Waals surface area contributed by atoms with Crippen molar-refractivity contribution < 1.29 is 19.1 Å². The Labute approximate surface area is 113 Å². The molecule has 1 aromatic rings. The minimum atomic E-state index is -0.259. The largest absolute Gasteiger partial charge is 0.469 e. The quantitative estimate of drug-likeness (QED) is 0.739. The average Bonchev–Trinajstić information content (AvgIpc) is 2.40. The van der Waals surface area contributed by atoms with E-state index >= 15 is 0 Å². The van der Waals surface area contributed by atoms with Crippen LogP contribution in [0.4, 0.5) is 0 Å². The Morgan fingerprint density at radius 1 is 1.16 bits per heavy atom. The molecular weight excluding hydrogens is 244 g/mol. The third kappa shape index (κ3) is 4.73. The molecule has 0 aromatic heterocycles. The van der Waals surface area contributed by atoms with Crippen LogP contribution in [0, 0.1) is 6.92 Å². The van der Waals surface area contributed by atoms with Crippen molar-refractivity contribution in [1.29, 1.82) is 0 Å². The van der Waals surface area contributed by atoms with Crippen LogP contribution in [0.25, 0.3) is 0 Å². The summed E-state index contributed by atoms with van der Waals surface area (Å²) >= 11 is 0. The van der Waals surface area contributed by atoms with Gasteiger partial charge in [0.15, 0.2) is 0 Å². The lowest BCUT2D eigenvalue weighted by Crippen LogP contribution is -2.09. The van der Waals surface area contributed by atoms with Crippen molar-refractivity contribution in [3.05, 3.63) is 34.9 Å². The van der Waals surface area contributed by atoms with Crippen LogP contribution < -0.4 is 0 Å². The van der Waals surface area contributed by atoms with E-state index in [-0.39, 0.29) is 18.4 Å². The Balaban J connectivity index is 2.71. The van der Waals surface area contributed by atoms with Gasteiger partial charge in [-0.15, -0.1) is 0 Å². The highest BCUT2D eigenvalue weighted by atomic mass is 16.5. The lowest BCUT2D eigenvalue weighted by molar-refractivity contribution is -0.143. The monoisotopic (exact) mass is 264 g/mol. The number of methoxy groups -OCH3 is 1. The number of carbonyl (C=O) groups excluding carboxylic acids is 2.